The standard InChI is InChI=1S/C19H34N4O3/c24-15-19(6-1-18(25)26,16-2-7-20-8-3-16)23-13-11-22(12-14-23)17-4-9-21-10-5-17/h15-17,20-21H,1-14H2,(H,25,26). The lowest BCUT2D eigenvalue weighted by atomic mass is 9.74. The quantitative estimate of drug-likeness (QED) is 0.554. The fraction of sp³-hybridized carbons (Fsp3) is 0.895. The van der Waals surface area contributed by atoms with E-state index in [4.69, 9.17) is 0 Å². The Morgan fingerprint density at radius 1 is 1.00 bits per heavy atom. The lowest BCUT2D eigenvalue weighted by Crippen LogP contribution is -2.63. The number of hydrogen-bond donors (Lipinski definition) is 3. The van der Waals surface area contributed by atoms with Crippen molar-refractivity contribution in [1.29, 1.82) is 0 Å². The molecule has 3 saturated heterocycles. The fourth-order valence-electron chi connectivity index (χ4n) is 5.15. The molecule has 0 spiro atoms. The highest BCUT2D eigenvalue weighted by Gasteiger charge is 2.45. The highest BCUT2D eigenvalue weighted by Crippen LogP contribution is 2.35. The van der Waals surface area contributed by atoms with Gasteiger partial charge in [0.2, 0.25) is 0 Å². The Labute approximate surface area is 156 Å². The average Bonchev–Trinajstić information content (AvgIpc) is 2.71. The molecule has 26 heavy (non-hydrogen) atoms. The summed E-state index contributed by atoms with van der Waals surface area (Å²) < 4.78 is 0. The summed E-state index contributed by atoms with van der Waals surface area (Å²) in [5.74, 6) is -0.551. The normalized spacial score (nSPS) is 27.1. The maximum absolute atomic E-state index is 12.3. The average molecular weight is 367 g/mol. The number of aliphatic carboxylic acids is 1. The second-order valence-corrected chi connectivity index (χ2v) is 8.03. The van der Waals surface area contributed by atoms with Crippen LogP contribution in [0.4, 0.5) is 0 Å². The number of aldehydes is 1. The lowest BCUT2D eigenvalue weighted by Gasteiger charge is -2.51. The Morgan fingerprint density at radius 3 is 2.12 bits per heavy atom. The Bertz CT molecular complexity index is 469. The molecule has 1 unspecified atom stereocenters. The van der Waals surface area contributed by atoms with Gasteiger partial charge in [0.15, 0.2) is 0 Å². The van der Waals surface area contributed by atoms with Crippen molar-refractivity contribution < 1.29 is 14.7 Å². The van der Waals surface area contributed by atoms with E-state index in [1.807, 2.05) is 0 Å². The molecule has 3 heterocycles. The van der Waals surface area contributed by atoms with Crippen molar-refractivity contribution in [2.24, 2.45) is 5.92 Å². The van der Waals surface area contributed by atoms with Gasteiger partial charge in [-0.15, -0.1) is 0 Å². The molecule has 0 aromatic carbocycles. The number of rotatable bonds is 7. The second-order valence-electron chi connectivity index (χ2n) is 8.03. The summed E-state index contributed by atoms with van der Waals surface area (Å²) >= 11 is 0. The topological polar surface area (TPSA) is 84.9 Å². The molecule has 1 atom stereocenters. The molecule has 0 radical (unpaired) electrons. The predicted octanol–water partition coefficient (Wildman–Crippen LogP) is 0.158. The molecule has 0 amide bonds. The van der Waals surface area contributed by atoms with Crippen molar-refractivity contribution in [2.75, 3.05) is 52.4 Å². The van der Waals surface area contributed by atoms with Crippen molar-refractivity contribution in [3.05, 3.63) is 0 Å². The summed E-state index contributed by atoms with van der Waals surface area (Å²) in [4.78, 5) is 28.5. The molecule has 148 valence electrons. The smallest absolute Gasteiger partial charge is 0.303 e. The molecule has 7 nitrogen and oxygen atoms in total. The number of carbonyl (C=O) groups is 2. The first-order valence-corrected chi connectivity index (χ1v) is 10.2. The Hall–Kier alpha value is -1.02. The maximum atomic E-state index is 12.3. The number of carbonyl (C=O) groups excluding carboxylic acids is 1. The van der Waals surface area contributed by atoms with Gasteiger partial charge >= 0.3 is 5.97 Å². The van der Waals surface area contributed by atoms with Crippen LogP contribution in [-0.2, 0) is 9.59 Å². The molecule has 7 heteroatoms. The van der Waals surface area contributed by atoms with Crippen LogP contribution in [0.5, 0.6) is 0 Å². The van der Waals surface area contributed by atoms with Crippen LogP contribution in [-0.4, -0.2) is 91.1 Å². The van der Waals surface area contributed by atoms with E-state index >= 15 is 0 Å². The summed E-state index contributed by atoms with van der Waals surface area (Å²) in [6.45, 7) is 7.73. The molecule has 0 aromatic heterocycles. The van der Waals surface area contributed by atoms with Gasteiger partial charge in [0, 0.05) is 38.6 Å². The first-order chi connectivity index (χ1) is 12.7. The summed E-state index contributed by atoms with van der Waals surface area (Å²) in [5, 5.41) is 16.0. The number of piperidine rings is 2. The highest BCUT2D eigenvalue weighted by atomic mass is 16.4. The van der Waals surface area contributed by atoms with Gasteiger partial charge in [-0.1, -0.05) is 0 Å². The van der Waals surface area contributed by atoms with Crippen LogP contribution in [0.25, 0.3) is 0 Å². The molecule has 3 N–H and O–H groups in total. The number of nitrogens with one attached hydrogen (secondary N) is 2. The van der Waals surface area contributed by atoms with E-state index in [-0.39, 0.29) is 12.3 Å². The van der Waals surface area contributed by atoms with E-state index in [0.717, 1.165) is 71.5 Å². The molecule has 0 aliphatic carbocycles. The fourth-order valence-corrected chi connectivity index (χ4v) is 5.15. The van der Waals surface area contributed by atoms with Crippen LogP contribution in [0, 0.1) is 5.92 Å². The molecular weight excluding hydrogens is 332 g/mol. The van der Waals surface area contributed by atoms with E-state index in [0.29, 0.717) is 12.5 Å². The number of piperazine rings is 1. The van der Waals surface area contributed by atoms with Gasteiger partial charge in [-0.3, -0.25) is 14.6 Å². The first-order valence-electron chi connectivity index (χ1n) is 10.2. The zero-order valence-corrected chi connectivity index (χ0v) is 15.8. The SMILES string of the molecule is O=CC(CCC(=O)O)(C1CCNCC1)N1CCN(C2CCNCC2)CC1. The second kappa shape index (κ2) is 9.26. The minimum atomic E-state index is -0.807. The zero-order valence-electron chi connectivity index (χ0n) is 15.8. The molecule has 3 fully saturated rings. The Kier molecular flexibility index (Phi) is 7.03. The molecule has 3 aliphatic rings. The summed E-state index contributed by atoms with van der Waals surface area (Å²) in [6, 6.07) is 0.655. The van der Waals surface area contributed by atoms with Crippen LogP contribution in [0.15, 0.2) is 0 Å². The zero-order chi connectivity index (χ0) is 18.4. The monoisotopic (exact) mass is 366 g/mol. The van der Waals surface area contributed by atoms with Crippen molar-refractivity contribution in [3.63, 3.8) is 0 Å². The van der Waals surface area contributed by atoms with Crippen LogP contribution in [0.2, 0.25) is 0 Å². The highest BCUT2D eigenvalue weighted by molar-refractivity contribution is 5.70. The lowest BCUT2D eigenvalue weighted by molar-refractivity contribution is -0.139. The van der Waals surface area contributed by atoms with E-state index in [1.165, 1.54) is 12.8 Å². The van der Waals surface area contributed by atoms with Gasteiger partial charge in [0.25, 0.3) is 0 Å². The largest absolute Gasteiger partial charge is 0.481 e. The maximum Gasteiger partial charge on any atom is 0.303 e. The number of carboxylic acid groups (broad SMARTS) is 1. The Balaban J connectivity index is 1.67. The first kappa shape index (κ1) is 19.7. The van der Waals surface area contributed by atoms with Crippen LogP contribution in [0.3, 0.4) is 0 Å². The summed E-state index contributed by atoms with van der Waals surface area (Å²) in [6.07, 6.45) is 5.89. The third-order valence-electron chi connectivity index (χ3n) is 6.72. The van der Waals surface area contributed by atoms with E-state index in [2.05, 4.69) is 20.4 Å². The number of carboxylic acids is 1. The number of hydrogen-bond acceptors (Lipinski definition) is 6. The number of nitrogens with zero attached hydrogens (tertiary/aromatic N) is 2. The summed E-state index contributed by atoms with van der Waals surface area (Å²) in [7, 11) is 0. The Morgan fingerprint density at radius 2 is 1.58 bits per heavy atom. The van der Waals surface area contributed by atoms with Gasteiger partial charge in [-0.05, 0) is 64.2 Å². The molecule has 0 aromatic rings. The minimum Gasteiger partial charge on any atom is -0.481 e. The molecule has 3 aliphatic heterocycles. The molecular formula is C19H34N4O3. The van der Waals surface area contributed by atoms with E-state index in [9.17, 15) is 14.7 Å². The summed E-state index contributed by atoms with van der Waals surface area (Å²) in [5.41, 5.74) is -0.610. The molecule has 0 saturated carbocycles. The third-order valence-corrected chi connectivity index (χ3v) is 6.72. The van der Waals surface area contributed by atoms with E-state index < -0.39 is 11.5 Å². The van der Waals surface area contributed by atoms with Gasteiger partial charge in [-0.2, -0.15) is 0 Å². The van der Waals surface area contributed by atoms with Gasteiger partial charge in [0.1, 0.15) is 6.29 Å². The van der Waals surface area contributed by atoms with Crippen LogP contribution in [0.1, 0.15) is 38.5 Å². The van der Waals surface area contributed by atoms with Gasteiger partial charge < -0.3 is 20.5 Å². The minimum absolute atomic E-state index is 0.0666. The van der Waals surface area contributed by atoms with Crippen molar-refractivity contribution in [1.82, 2.24) is 20.4 Å². The molecule has 3 rings (SSSR count). The molecule has 0 bridgehead atoms. The van der Waals surface area contributed by atoms with Crippen molar-refractivity contribution in [2.45, 2.75) is 50.1 Å². The van der Waals surface area contributed by atoms with Crippen molar-refractivity contribution >= 4 is 12.3 Å². The van der Waals surface area contributed by atoms with Gasteiger partial charge in [-0.25, -0.2) is 0 Å². The van der Waals surface area contributed by atoms with E-state index in [1.54, 1.807) is 0 Å². The predicted molar refractivity (Wildman–Crippen MR) is 100 cm³/mol. The third kappa shape index (κ3) is 4.44. The van der Waals surface area contributed by atoms with Crippen LogP contribution < -0.4 is 10.6 Å². The van der Waals surface area contributed by atoms with Crippen molar-refractivity contribution in [3.8, 4) is 0 Å². The van der Waals surface area contributed by atoms with Crippen LogP contribution >= 0.6 is 0 Å². The van der Waals surface area contributed by atoms with Gasteiger partial charge in [0.05, 0.1) is 5.54 Å².